The summed E-state index contributed by atoms with van der Waals surface area (Å²) in [5.41, 5.74) is 4.14. The number of fused-ring (bicyclic) bond motifs is 2. The van der Waals surface area contributed by atoms with Crippen LogP contribution in [0.1, 0.15) is 22.5 Å². The highest BCUT2D eigenvalue weighted by Gasteiger charge is 2.50. The van der Waals surface area contributed by atoms with Crippen molar-refractivity contribution in [2.45, 2.75) is 0 Å². The first-order valence-electron chi connectivity index (χ1n) is 13.3. The minimum absolute atomic E-state index is 0.191. The topological polar surface area (TPSA) is 32.7 Å². The molecule has 12 heteroatoms. The van der Waals surface area contributed by atoms with Crippen molar-refractivity contribution in [3.63, 3.8) is 0 Å². The number of pyridine rings is 2. The van der Waals surface area contributed by atoms with Crippen LogP contribution in [-0.2, 0) is 9.31 Å². The molecule has 0 fully saturated rings. The zero-order chi connectivity index (χ0) is 30.1. The molecule has 4 aromatic rings. The number of hydrogen-bond donors (Lipinski definition) is 0. The molecule has 4 heterocycles. The fourth-order valence-electron chi connectivity index (χ4n) is 4.64. The highest BCUT2D eigenvalue weighted by Crippen LogP contribution is 2.29. The second-order valence-corrected chi connectivity index (χ2v) is 10.3. The van der Waals surface area contributed by atoms with Crippen LogP contribution in [0, 0.1) is 0 Å². The van der Waals surface area contributed by atoms with Crippen LogP contribution in [0.3, 0.4) is 0 Å². The lowest BCUT2D eigenvalue weighted by Crippen LogP contribution is -2.63. The van der Waals surface area contributed by atoms with Crippen molar-refractivity contribution in [1.29, 1.82) is 0 Å². The van der Waals surface area contributed by atoms with Crippen LogP contribution in [0.2, 0.25) is 0 Å². The molecule has 216 valence electrons. The second-order valence-electron chi connectivity index (χ2n) is 10.3. The number of hydrogen-bond acceptors (Lipinski definition) is 4. The molecule has 42 heavy (non-hydrogen) atoms. The maximum atomic E-state index is 14.1. The first-order valence-corrected chi connectivity index (χ1v) is 13.3. The van der Waals surface area contributed by atoms with Gasteiger partial charge in [-0.2, -0.15) is 0 Å². The molecule has 2 aliphatic rings. The van der Waals surface area contributed by atoms with E-state index >= 15 is 0 Å². The van der Waals surface area contributed by atoms with Gasteiger partial charge < -0.3 is 45.3 Å². The Hall–Kier alpha value is -4.73. The first-order chi connectivity index (χ1) is 19.9. The van der Waals surface area contributed by atoms with E-state index in [0.29, 0.717) is 22.5 Å². The molecule has 2 aliphatic heterocycles. The van der Waals surface area contributed by atoms with E-state index in [0.717, 1.165) is 20.3 Å². The van der Waals surface area contributed by atoms with Crippen molar-refractivity contribution in [1.82, 2.24) is 0 Å². The standard InChI is InChI=1S/2C15H15BF2N2O/c2*1-19(2)13-8-6-12(7-9-13)15-11-14-5-3-4-10-20(14)16(17,18)21-15/h2*3-11H,1-2H3. The van der Waals surface area contributed by atoms with E-state index in [4.69, 9.17) is 9.31 Å². The van der Waals surface area contributed by atoms with Crippen molar-refractivity contribution < 1.29 is 35.5 Å². The first kappa shape index (κ1) is 28.8. The van der Waals surface area contributed by atoms with Crippen LogP contribution in [0.25, 0.3) is 23.7 Å². The predicted octanol–water partition coefficient (Wildman–Crippen LogP) is 5.58. The van der Waals surface area contributed by atoms with E-state index < -0.39 is 14.1 Å². The number of nitrogens with zero attached hydrogens (tertiary/aromatic N) is 4. The zero-order valence-electron chi connectivity index (χ0n) is 23.7. The molecule has 0 bridgehead atoms. The number of benzene rings is 2. The van der Waals surface area contributed by atoms with E-state index in [9.17, 15) is 17.3 Å². The van der Waals surface area contributed by atoms with Crippen LogP contribution in [-0.4, -0.2) is 42.3 Å². The quantitative estimate of drug-likeness (QED) is 0.235. The maximum Gasteiger partial charge on any atom is 0.834 e. The van der Waals surface area contributed by atoms with Gasteiger partial charge in [0.15, 0.2) is 11.4 Å². The summed E-state index contributed by atoms with van der Waals surface area (Å²) >= 11 is 0. The van der Waals surface area contributed by atoms with Gasteiger partial charge in [-0.15, -0.1) is 0 Å². The Balaban J connectivity index is 0.000000168. The lowest BCUT2D eigenvalue weighted by molar-refractivity contribution is -0.584. The minimum atomic E-state index is -4.09. The molecule has 0 spiro atoms. The average molecular weight is 576 g/mol. The van der Waals surface area contributed by atoms with E-state index in [1.807, 2.05) is 62.3 Å². The Kier molecular flexibility index (Phi) is 7.72. The summed E-state index contributed by atoms with van der Waals surface area (Å²) in [6.07, 6.45) is 5.92. The molecule has 6 nitrogen and oxygen atoms in total. The highest BCUT2D eigenvalue weighted by atomic mass is 19.3. The highest BCUT2D eigenvalue weighted by molar-refractivity contribution is 6.51. The zero-order valence-corrected chi connectivity index (χ0v) is 23.7. The minimum Gasteiger partial charge on any atom is -0.599 e. The van der Waals surface area contributed by atoms with Crippen LogP contribution in [0.15, 0.2) is 97.3 Å². The number of rotatable bonds is 4. The summed E-state index contributed by atoms with van der Waals surface area (Å²) in [5.74, 6) is 0.382. The summed E-state index contributed by atoms with van der Waals surface area (Å²) in [5, 5.41) is 0. The molecule has 0 amide bonds. The van der Waals surface area contributed by atoms with Crippen molar-refractivity contribution in [2.75, 3.05) is 38.0 Å². The van der Waals surface area contributed by atoms with E-state index in [1.54, 1.807) is 72.8 Å². The molecule has 0 saturated heterocycles. The Bertz CT molecular complexity index is 1520. The van der Waals surface area contributed by atoms with Crippen LogP contribution in [0.4, 0.5) is 28.6 Å². The smallest absolute Gasteiger partial charge is 0.599 e. The van der Waals surface area contributed by atoms with Crippen LogP contribution in [0.5, 0.6) is 0 Å². The number of aromatic nitrogens is 2. The summed E-state index contributed by atoms with van der Waals surface area (Å²) in [7, 11) is -0.481. The lowest BCUT2D eigenvalue weighted by atomic mass is 9.98. The van der Waals surface area contributed by atoms with Gasteiger partial charge in [-0.3, -0.25) is 0 Å². The summed E-state index contributed by atoms with van der Waals surface area (Å²) in [4.78, 5) is 3.90. The Morgan fingerprint density at radius 1 is 0.524 bits per heavy atom. The third kappa shape index (κ3) is 5.97. The van der Waals surface area contributed by atoms with Gasteiger partial charge in [0.2, 0.25) is 0 Å². The van der Waals surface area contributed by atoms with E-state index in [1.165, 1.54) is 12.4 Å². The summed E-state index contributed by atoms with van der Waals surface area (Å²) < 4.78 is 68.0. The maximum absolute atomic E-state index is 14.1. The fourth-order valence-corrected chi connectivity index (χ4v) is 4.64. The number of halogens is 4. The molecule has 0 unspecified atom stereocenters. The molecule has 0 aliphatic carbocycles. The van der Waals surface area contributed by atoms with Gasteiger partial charge in [0.05, 0.1) is 11.5 Å². The molecule has 2 aromatic heterocycles. The van der Waals surface area contributed by atoms with Gasteiger partial charge in [-0.25, -0.2) is 0 Å². The number of anilines is 2. The lowest BCUT2D eigenvalue weighted by Gasteiger charge is -2.27. The van der Waals surface area contributed by atoms with Gasteiger partial charge >= 0.3 is 14.1 Å². The van der Waals surface area contributed by atoms with Crippen molar-refractivity contribution >= 4 is 49.1 Å². The second kappa shape index (κ2) is 11.3. The molecule has 6 rings (SSSR count). The molecular formula is C30H30B2F4N4O2. The van der Waals surface area contributed by atoms with Crippen LogP contribution < -0.4 is 18.8 Å². The van der Waals surface area contributed by atoms with Crippen LogP contribution >= 0.6 is 0 Å². The molecule has 2 aromatic carbocycles. The van der Waals surface area contributed by atoms with Crippen molar-refractivity contribution in [2.24, 2.45) is 0 Å². The van der Waals surface area contributed by atoms with Gasteiger partial charge in [-0.1, -0.05) is 12.1 Å². The summed E-state index contributed by atoms with van der Waals surface area (Å²) in [6.45, 7) is 0. The third-order valence-corrected chi connectivity index (χ3v) is 6.93. The Labute approximate surface area is 242 Å². The summed E-state index contributed by atoms with van der Waals surface area (Å²) in [6, 6.07) is 24.5. The van der Waals surface area contributed by atoms with Gasteiger partial charge in [0.1, 0.15) is 12.4 Å². The largest absolute Gasteiger partial charge is 0.834 e. The average Bonchev–Trinajstić information content (AvgIpc) is 2.97. The van der Waals surface area contributed by atoms with Gasteiger partial charge in [0, 0.05) is 75.0 Å². The fraction of sp³-hybridized carbons (Fsp3) is 0.133. The molecule has 0 saturated carbocycles. The van der Waals surface area contributed by atoms with E-state index in [-0.39, 0.29) is 11.5 Å². The predicted molar refractivity (Wildman–Crippen MR) is 159 cm³/mol. The Morgan fingerprint density at radius 3 is 1.21 bits per heavy atom. The molecule has 0 atom stereocenters. The molecule has 0 N–H and O–H groups in total. The van der Waals surface area contributed by atoms with E-state index in [2.05, 4.69) is 0 Å². The third-order valence-electron chi connectivity index (χ3n) is 6.93. The molecule has 0 radical (unpaired) electrons. The molecular weight excluding hydrogens is 546 g/mol. The van der Waals surface area contributed by atoms with Gasteiger partial charge in [0.25, 0.3) is 0 Å². The van der Waals surface area contributed by atoms with Crippen molar-refractivity contribution in [3.8, 4) is 0 Å². The SMILES string of the molecule is CN(C)c1ccc(C2=Cc3cccc[n+]3[B-](F)(F)O2)cc1.CN(C)c1ccc(C2=Cc3cccc[n+]3[B-](F)(F)O2)cc1. The Morgan fingerprint density at radius 2 is 0.881 bits per heavy atom. The monoisotopic (exact) mass is 576 g/mol. The van der Waals surface area contributed by atoms with Crippen molar-refractivity contribution in [3.05, 3.63) is 120 Å². The van der Waals surface area contributed by atoms with Gasteiger partial charge in [-0.05, 0) is 60.7 Å². The normalized spacial score (nSPS) is 15.7.